The molecule has 4 heteroatoms. The predicted octanol–water partition coefficient (Wildman–Crippen LogP) is 2.44. The van der Waals surface area contributed by atoms with E-state index in [9.17, 15) is 9.59 Å². The summed E-state index contributed by atoms with van der Waals surface area (Å²) in [4.78, 5) is 23.4. The lowest BCUT2D eigenvalue weighted by molar-refractivity contribution is 0.0525. The van der Waals surface area contributed by atoms with Crippen LogP contribution in [0.5, 0.6) is 0 Å². The van der Waals surface area contributed by atoms with Crippen LogP contribution in [0.1, 0.15) is 17.3 Å². The highest BCUT2D eigenvalue weighted by Gasteiger charge is 2.13. The lowest BCUT2D eigenvalue weighted by Crippen LogP contribution is -2.16. The van der Waals surface area contributed by atoms with Crippen molar-refractivity contribution in [2.45, 2.75) is 6.92 Å². The summed E-state index contributed by atoms with van der Waals surface area (Å²) >= 11 is 1.37. The van der Waals surface area contributed by atoms with Gasteiger partial charge in [-0.05, 0) is 19.1 Å². The van der Waals surface area contributed by atoms with Crippen LogP contribution in [0.2, 0.25) is 0 Å². The van der Waals surface area contributed by atoms with Crippen LogP contribution in [0.4, 0.5) is 0 Å². The minimum atomic E-state index is -0.547. The van der Waals surface area contributed by atoms with Gasteiger partial charge < -0.3 is 4.74 Å². The van der Waals surface area contributed by atoms with E-state index in [0.717, 1.165) is 4.70 Å². The minimum Gasteiger partial charge on any atom is -0.462 e. The molecule has 0 atom stereocenters. The van der Waals surface area contributed by atoms with Crippen LogP contribution < -0.4 is 5.43 Å². The first kappa shape index (κ1) is 10.8. The van der Waals surface area contributed by atoms with Crippen LogP contribution in [-0.4, -0.2) is 12.6 Å². The van der Waals surface area contributed by atoms with E-state index in [2.05, 4.69) is 0 Å². The molecule has 0 bridgehead atoms. The summed E-state index contributed by atoms with van der Waals surface area (Å²) in [5, 5.41) is 2.13. The molecule has 0 aliphatic rings. The van der Waals surface area contributed by atoms with Gasteiger partial charge in [0.15, 0.2) is 0 Å². The molecule has 1 aromatic carbocycles. The van der Waals surface area contributed by atoms with Crippen LogP contribution >= 0.6 is 11.3 Å². The number of benzene rings is 1. The zero-order chi connectivity index (χ0) is 11.5. The molecule has 0 aliphatic carbocycles. The molecule has 3 nitrogen and oxygen atoms in total. The summed E-state index contributed by atoms with van der Waals surface area (Å²) in [6.07, 6.45) is 0. The molecule has 0 amide bonds. The average molecular weight is 234 g/mol. The van der Waals surface area contributed by atoms with E-state index in [1.165, 1.54) is 11.3 Å². The number of hydrogen-bond donors (Lipinski definition) is 0. The summed E-state index contributed by atoms with van der Waals surface area (Å²) in [7, 11) is 0. The Bertz CT molecular complexity index is 586. The molecule has 2 aromatic rings. The van der Waals surface area contributed by atoms with Gasteiger partial charge in [0.05, 0.1) is 6.61 Å². The third kappa shape index (κ3) is 1.84. The SMILES string of the molecule is CCOC(=O)c1csc2ccccc2c1=O. The molecular formula is C12H10O3S. The second-order valence-corrected chi connectivity index (χ2v) is 4.11. The lowest BCUT2D eigenvalue weighted by Gasteiger charge is -2.01. The quantitative estimate of drug-likeness (QED) is 0.749. The highest BCUT2D eigenvalue weighted by molar-refractivity contribution is 7.16. The first-order valence-corrected chi connectivity index (χ1v) is 5.79. The minimum absolute atomic E-state index is 0.116. The molecule has 1 aromatic heterocycles. The monoisotopic (exact) mass is 234 g/mol. The number of rotatable bonds is 2. The van der Waals surface area contributed by atoms with E-state index in [1.807, 2.05) is 12.1 Å². The number of fused-ring (bicyclic) bond motifs is 1. The molecule has 0 spiro atoms. The van der Waals surface area contributed by atoms with Crippen molar-refractivity contribution in [2.75, 3.05) is 6.61 Å². The fourth-order valence-electron chi connectivity index (χ4n) is 1.43. The zero-order valence-corrected chi connectivity index (χ0v) is 9.54. The van der Waals surface area contributed by atoms with E-state index < -0.39 is 5.97 Å². The third-order valence-electron chi connectivity index (χ3n) is 2.18. The van der Waals surface area contributed by atoms with Crippen LogP contribution in [0, 0.1) is 0 Å². The van der Waals surface area contributed by atoms with Crippen molar-refractivity contribution >= 4 is 27.4 Å². The molecule has 2 rings (SSSR count). The van der Waals surface area contributed by atoms with Crippen molar-refractivity contribution in [1.29, 1.82) is 0 Å². The van der Waals surface area contributed by atoms with E-state index >= 15 is 0 Å². The summed E-state index contributed by atoms with van der Waals surface area (Å²) in [6.45, 7) is 1.99. The van der Waals surface area contributed by atoms with Crippen molar-refractivity contribution in [3.63, 3.8) is 0 Å². The summed E-state index contributed by atoms with van der Waals surface area (Å²) in [5.74, 6) is -0.547. The standard InChI is InChI=1S/C12H10O3S/c1-2-15-12(14)9-7-16-10-6-4-3-5-8(10)11(9)13/h3-7H,2H2,1H3. The second-order valence-electron chi connectivity index (χ2n) is 3.20. The molecule has 0 aliphatic heterocycles. The van der Waals surface area contributed by atoms with Gasteiger partial charge in [-0.3, -0.25) is 4.79 Å². The maximum Gasteiger partial charge on any atom is 0.342 e. The van der Waals surface area contributed by atoms with Gasteiger partial charge in [-0.25, -0.2) is 4.79 Å². The molecule has 0 N–H and O–H groups in total. The molecule has 0 fully saturated rings. The smallest absolute Gasteiger partial charge is 0.342 e. The molecular weight excluding hydrogens is 224 g/mol. The van der Waals surface area contributed by atoms with Crippen molar-refractivity contribution in [3.8, 4) is 0 Å². The van der Waals surface area contributed by atoms with Gasteiger partial charge in [-0.1, -0.05) is 12.1 Å². The Morgan fingerprint density at radius 2 is 2.12 bits per heavy atom. The molecule has 0 saturated heterocycles. The van der Waals surface area contributed by atoms with E-state index in [-0.39, 0.29) is 17.6 Å². The Morgan fingerprint density at radius 1 is 1.38 bits per heavy atom. The van der Waals surface area contributed by atoms with Gasteiger partial charge in [0, 0.05) is 15.5 Å². The fraction of sp³-hybridized carbons (Fsp3) is 0.167. The zero-order valence-electron chi connectivity index (χ0n) is 8.73. The van der Waals surface area contributed by atoms with Gasteiger partial charge in [0.1, 0.15) is 5.56 Å². The highest BCUT2D eigenvalue weighted by Crippen LogP contribution is 2.16. The van der Waals surface area contributed by atoms with Gasteiger partial charge >= 0.3 is 5.97 Å². The number of carbonyl (C=O) groups is 1. The number of ether oxygens (including phenoxy) is 1. The largest absolute Gasteiger partial charge is 0.462 e. The fourth-order valence-corrected chi connectivity index (χ4v) is 2.32. The van der Waals surface area contributed by atoms with Crippen LogP contribution in [-0.2, 0) is 4.74 Å². The van der Waals surface area contributed by atoms with E-state index in [0.29, 0.717) is 5.39 Å². The molecule has 0 saturated carbocycles. The number of carbonyl (C=O) groups excluding carboxylic acids is 1. The summed E-state index contributed by atoms with van der Waals surface area (Å²) < 4.78 is 5.70. The molecule has 0 radical (unpaired) electrons. The Morgan fingerprint density at radius 3 is 2.88 bits per heavy atom. The Hall–Kier alpha value is -1.68. The van der Waals surface area contributed by atoms with Gasteiger partial charge in [-0.15, -0.1) is 11.3 Å². The number of hydrogen-bond acceptors (Lipinski definition) is 4. The third-order valence-corrected chi connectivity index (χ3v) is 3.14. The summed E-state index contributed by atoms with van der Waals surface area (Å²) in [5.41, 5.74) is -0.140. The number of esters is 1. The van der Waals surface area contributed by atoms with Gasteiger partial charge in [0.25, 0.3) is 0 Å². The van der Waals surface area contributed by atoms with Crippen LogP contribution in [0.15, 0.2) is 34.4 Å². The van der Waals surface area contributed by atoms with Gasteiger partial charge in [0.2, 0.25) is 5.43 Å². The van der Waals surface area contributed by atoms with Crippen LogP contribution in [0.3, 0.4) is 0 Å². The Labute approximate surface area is 96.3 Å². The lowest BCUT2D eigenvalue weighted by atomic mass is 10.2. The molecule has 16 heavy (non-hydrogen) atoms. The van der Waals surface area contributed by atoms with Crippen LogP contribution in [0.25, 0.3) is 10.1 Å². The maximum atomic E-state index is 12.0. The van der Waals surface area contributed by atoms with E-state index in [4.69, 9.17) is 4.74 Å². The molecule has 1 heterocycles. The van der Waals surface area contributed by atoms with Gasteiger partial charge in [-0.2, -0.15) is 0 Å². The van der Waals surface area contributed by atoms with Crippen molar-refractivity contribution in [2.24, 2.45) is 0 Å². The normalized spacial score (nSPS) is 10.3. The van der Waals surface area contributed by atoms with Crippen molar-refractivity contribution in [3.05, 3.63) is 45.4 Å². The molecule has 0 unspecified atom stereocenters. The first-order valence-electron chi connectivity index (χ1n) is 4.91. The first-order chi connectivity index (χ1) is 7.74. The second kappa shape index (κ2) is 4.45. The maximum absolute atomic E-state index is 12.0. The summed E-state index contributed by atoms with van der Waals surface area (Å²) in [6, 6.07) is 7.22. The molecule has 82 valence electrons. The Balaban J connectivity index is 2.61. The van der Waals surface area contributed by atoms with Crippen molar-refractivity contribution < 1.29 is 9.53 Å². The predicted molar refractivity (Wildman–Crippen MR) is 64.1 cm³/mol. The topological polar surface area (TPSA) is 43.4 Å². The van der Waals surface area contributed by atoms with Crippen molar-refractivity contribution in [1.82, 2.24) is 0 Å². The Kier molecular flexibility index (Phi) is 3.01. The average Bonchev–Trinajstić information content (AvgIpc) is 2.30. The van der Waals surface area contributed by atoms with E-state index in [1.54, 1.807) is 24.4 Å². The highest BCUT2D eigenvalue weighted by atomic mass is 32.1.